The molecule has 1 aliphatic carbocycles. The van der Waals surface area contributed by atoms with Crippen LogP contribution in [-0.4, -0.2) is 76.7 Å². The van der Waals surface area contributed by atoms with Crippen LogP contribution in [0.2, 0.25) is 0 Å². The average Bonchev–Trinajstić information content (AvgIpc) is 3.65. The number of hydrogen-bond acceptors (Lipinski definition) is 6. The topological polar surface area (TPSA) is 63.0 Å². The zero-order valence-corrected chi connectivity index (χ0v) is 20.9. The molecule has 0 amide bonds. The number of morpholine rings is 1. The molecular weight excluding hydrogens is 459 g/mol. The second-order valence-corrected chi connectivity index (χ2v) is 9.88. The predicted molar refractivity (Wildman–Crippen MR) is 136 cm³/mol. The fourth-order valence-electron chi connectivity index (χ4n) is 4.80. The number of ether oxygens (including phenoxy) is 2. The molecule has 0 bridgehead atoms. The summed E-state index contributed by atoms with van der Waals surface area (Å²) in [5.41, 5.74) is 2.84. The van der Waals surface area contributed by atoms with Gasteiger partial charge in [-0.25, -0.2) is 9.07 Å². The standard InChI is InChI=1S/C28H35FN4O3/c1-31-28(36-25-11-9-23(29)10-12-25)26(27(30-31)22-5-3-2-4-6-22)20-33(17-21-7-8-21)19-24(34)18-32-13-15-35-16-14-32/h2-6,9-12,21,24,34H,7-8,13-20H2,1H3. The second kappa shape index (κ2) is 11.5. The van der Waals surface area contributed by atoms with Crippen LogP contribution in [0.1, 0.15) is 18.4 Å². The minimum Gasteiger partial charge on any atom is -0.439 e. The monoisotopic (exact) mass is 494 g/mol. The van der Waals surface area contributed by atoms with Gasteiger partial charge in [0.15, 0.2) is 0 Å². The summed E-state index contributed by atoms with van der Waals surface area (Å²) in [6, 6.07) is 16.1. The third-order valence-electron chi connectivity index (χ3n) is 6.80. The number of benzene rings is 2. The first kappa shape index (κ1) is 24.9. The Morgan fingerprint density at radius 1 is 1.11 bits per heavy atom. The first-order valence-electron chi connectivity index (χ1n) is 12.8. The van der Waals surface area contributed by atoms with Crippen molar-refractivity contribution in [2.75, 3.05) is 45.9 Å². The molecule has 2 aromatic carbocycles. The highest BCUT2D eigenvalue weighted by Gasteiger charge is 2.29. The van der Waals surface area contributed by atoms with Crippen LogP contribution in [0, 0.1) is 11.7 Å². The van der Waals surface area contributed by atoms with Crippen LogP contribution in [0.5, 0.6) is 11.6 Å². The van der Waals surface area contributed by atoms with Gasteiger partial charge in [-0.2, -0.15) is 5.10 Å². The number of aromatic nitrogens is 2. The molecule has 0 radical (unpaired) electrons. The molecule has 1 unspecified atom stereocenters. The number of β-amino-alcohol motifs (C(OH)–C–C–N with tert-alkyl or cyclic N) is 1. The van der Waals surface area contributed by atoms with Crippen molar-refractivity contribution in [3.8, 4) is 22.9 Å². The summed E-state index contributed by atoms with van der Waals surface area (Å²) in [6.45, 7) is 5.91. The first-order chi connectivity index (χ1) is 17.5. The Kier molecular flexibility index (Phi) is 7.96. The van der Waals surface area contributed by atoms with Gasteiger partial charge in [0.1, 0.15) is 17.3 Å². The number of aliphatic hydroxyl groups is 1. The molecule has 1 atom stereocenters. The van der Waals surface area contributed by atoms with Crippen molar-refractivity contribution >= 4 is 0 Å². The molecule has 192 valence electrons. The van der Waals surface area contributed by atoms with Gasteiger partial charge in [-0.3, -0.25) is 9.80 Å². The van der Waals surface area contributed by atoms with Crippen molar-refractivity contribution in [3.63, 3.8) is 0 Å². The summed E-state index contributed by atoms with van der Waals surface area (Å²) < 4.78 is 27.0. The lowest BCUT2D eigenvalue weighted by Crippen LogP contribution is -2.44. The van der Waals surface area contributed by atoms with E-state index < -0.39 is 6.10 Å². The highest BCUT2D eigenvalue weighted by atomic mass is 19.1. The highest BCUT2D eigenvalue weighted by molar-refractivity contribution is 5.65. The SMILES string of the molecule is Cn1nc(-c2ccccc2)c(CN(CC(O)CN2CCOCC2)CC2CC2)c1Oc1ccc(F)cc1. The highest BCUT2D eigenvalue weighted by Crippen LogP contribution is 2.36. The Balaban J connectivity index is 1.41. The summed E-state index contributed by atoms with van der Waals surface area (Å²) in [5, 5.41) is 15.8. The second-order valence-electron chi connectivity index (χ2n) is 9.88. The minimum atomic E-state index is -0.458. The Bertz CT molecular complexity index is 1110. The van der Waals surface area contributed by atoms with E-state index in [1.165, 1.54) is 25.0 Å². The van der Waals surface area contributed by atoms with E-state index in [4.69, 9.17) is 14.6 Å². The summed E-state index contributed by atoms with van der Waals surface area (Å²) in [5.74, 6) is 1.55. The summed E-state index contributed by atoms with van der Waals surface area (Å²) in [6.07, 6.45) is 2.00. The average molecular weight is 495 g/mol. The van der Waals surface area contributed by atoms with Crippen LogP contribution in [0.15, 0.2) is 54.6 Å². The maximum atomic E-state index is 13.5. The minimum absolute atomic E-state index is 0.303. The number of aliphatic hydroxyl groups excluding tert-OH is 1. The molecule has 1 saturated carbocycles. The number of aryl methyl sites for hydroxylation is 1. The van der Waals surface area contributed by atoms with Crippen molar-refractivity contribution in [3.05, 3.63) is 66.0 Å². The molecule has 7 nitrogen and oxygen atoms in total. The fourth-order valence-corrected chi connectivity index (χ4v) is 4.80. The Labute approximate surface area is 212 Å². The first-order valence-corrected chi connectivity index (χ1v) is 12.8. The fraction of sp³-hybridized carbons (Fsp3) is 0.464. The van der Waals surface area contributed by atoms with Gasteiger partial charge in [0.05, 0.1) is 24.9 Å². The van der Waals surface area contributed by atoms with Gasteiger partial charge in [0, 0.05) is 51.9 Å². The maximum Gasteiger partial charge on any atom is 0.222 e. The van der Waals surface area contributed by atoms with E-state index in [1.54, 1.807) is 16.8 Å². The van der Waals surface area contributed by atoms with Gasteiger partial charge in [0.2, 0.25) is 5.88 Å². The third-order valence-corrected chi connectivity index (χ3v) is 6.80. The molecule has 0 spiro atoms. The molecule has 2 heterocycles. The van der Waals surface area contributed by atoms with Crippen molar-refractivity contribution in [2.24, 2.45) is 13.0 Å². The van der Waals surface area contributed by atoms with Crippen LogP contribution < -0.4 is 4.74 Å². The van der Waals surface area contributed by atoms with E-state index in [9.17, 15) is 9.50 Å². The van der Waals surface area contributed by atoms with Gasteiger partial charge >= 0.3 is 0 Å². The Hall–Kier alpha value is -2.78. The van der Waals surface area contributed by atoms with Crippen LogP contribution in [0.3, 0.4) is 0 Å². The lowest BCUT2D eigenvalue weighted by Gasteiger charge is -2.31. The Morgan fingerprint density at radius 2 is 1.83 bits per heavy atom. The molecule has 2 fully saturated rings. The largest absolute Gasteiger partial charge is 0.439 e. The molecule has 1 aromatic heterocycles. The number of halogens is 1. The number of nitrogens with zero attached hydrogens (tertiary/aromatic N) is 4. The van der Waals surface area contributed by atoms with Gasteiger partial charge in [-0.05, 0) is 43.0 Å². The smallest absolute Gasteiger partial charge is 0.222 e. The van der Waals surface area contributed by atoms with E-state index in [0.29, 0.717) is 37.2 Å². The van der Waals surface area contributed by atoms with Crippen molar-refractivity contribution in [2.45, 2.75) is 25.5 Å². The molecule has 2 aliphatic rings. The van der Waals surface area contributed by atoms with Crippen molar-refractivity contribution in [1.29, 1.82) is 0 Å². The molecule has 36 heavy (non-hydrogen) atoms. The summed E-state index contributed by atoms with van der Waals surface area (Å²) in [4.78, 5) is 4.61. The molecule has 1 aliphatic heterocycles. The lowest BCUT2D eigenvalue weighted by atomic mass is 10.1. The molecule has 3 aromatic rings. The van der Waals surface area contributed by atoms with E-state index in [1.807, 2.05) is 37.4 Å². The summed E-state index contributed by atoms with van der Waals surface area (Å²) >= 11 is 0. The quantitative estimate of drug-likeness (QED) is 0.436. The van der Waals surface area contributed by atoms with Gasteiger partial charge in [-0.15, -0.1) is 0 Å². The van der Waals surface area contributed by atoms with Crippen LogP contribution >= 0.6 is 0 Å². The van der Waals surface area contributed by atoms with Crippen LogP contribution in [-0.2, 0) is 18.3 Å². The predicted octanol–water partition coefficient (Wildman–Crippen LogP) is 3.92. The maximum absolute atomic E-state index is 13.5. The van der Waals surface area contributed by atoms with Gasteiger partial charge in [0.25, 0.3) is 0 Å². The zero-order valence-electron chi connectivity index (χ0n) is 20.9. The van der Waals surface area contributed by atoms with E-state index in [-0.39, 0.29) is 5.82 Å². The van der Waals surface area contributed by atoms with E-state index in [0.717, 1.165) is 49.7 Å². The molecule has 1 saturated heterocycles. The van der Waals surface area contributed by atoms with Gasteiger partial charge < -0.3 is 14.6 Å². The van der Waals surface area contributed by atoms with Gasteiger partial charge in [-0.1, -0.05) is 30.3 Å². The number of hydrogen-bond donors (Lipinski definition) is 1. The van der Waals surface area contributed by atoms with Crippen molar-refractivity contribution < 1.29 is 19.0 Å². The third kappa shape index (κ3) is 6.50. The Morgan fingerprint density at radius 3 is 2.53 bits per heavy atom. The number of rotatable bonds is 11. The van der Waals surface area contributed by atoms with Crippen LogP contribution in [0.4, 0.5) is 4.39 Å². The van der Waals surface area contributed by atoms with E-state index >= 15 is 0 Å². The lowest BCUT2D eigenvalue weighted by molar-refractivity contribution is 0.00587. The normalized spacial score (nSPS) is 17.4. The molecular formula is C28H35FN4O3. The molecule has 5 rings (SSSR count). The van der Waals surface area contributed by atoms with Crippen molar-refractivity contribution in [1.82, 2.24) is 19.6 Å². The summed E-state index contributed by atoms with van der Waals surface area (Å²) in [7, 11) is 1.87. The molecule has 8 heteroatoms. The van der Waals surface area contributed by atoms with Crippen LogP contribution in [0.25, 0.3) is 11.3 Å². The zero-order chi connectivity index (χ0) is 24.9. The van der Waals surface area contributed by atoms with E-state index in [2.05, 4.69) is 9.80 Å². The molecule has 1 N–H and O–H groups in total.